The van der Waals surface area contributed by atoms with Gasteiger partial charge in [0.05, 0.1) is 10.9 Å². The Morgan fingerprint density at radius 2 is 2.35 bits per heavy atom. The molecule has 1 aromatic carbocycles. The summed E-state index contributed by atoms with van der Waals surface area (Å²) >= 11 is 8.24. The highest BCUT2D eigenvalue weighted by Crippen LogP contribution is 2.40. The smallest absolute Gasteiger partial charge is 0.151 e. The molecular formula is C15H18ClFN2S. The molecule has 0 spiro atoms. The topological polar surface area (TPSA) is 17.8 Å². The van der Waals surface area contributed by atoms with Crippen LogP contribution in [0, 0.1) is 5.82 Å². The molecule has 1 aliphatic heterocycles. The minimum atomic E-state index is -0.274. The molecule has 2 aromatic rings. The van der Waals surface area contributed by atoms with Gasteiger partial charge in [-0.25, -0.2) is 9.37 Å². The molecule has 0 aliphatic carbocycles. The molecule has 5 heteroatoms. The minimum Gasteiger partial charge on any atom is -0.325 e. The average molecular weight is 313 g/mol. The second-order valence-electron chi connectivity index (χ2n) is 5.68. The predicted molar refractivity (Wildman–Crippen MR) is 84.1 cm³/mol. The highest BCUT2D eigenvalue weighted by Gasteiger charge is 2.32. The second kappa shape index (κ2) is 5.23. The van der Waals surface area contributed by atoms with Gasteiger partial charge in [0.15, 0.2) is 5.82 Å². The molecule has 20 heavy (non-hydrogen) atoms. The maximum atomic E-state index is 13.9. The van der Waals surface area contributed by atoms with E-state index in [0.717, 1.165) is 17.9 Å². The van der Waals surface area contributed by atoms with E-state index in [1.165, 1.54) is 24.7 Å². The van der Waals surface area contributed by atoms with Crippen LogP contribution in [-0.4, -0.2) is 20.1 Å². The first-order valence-corrected chi connectivity index (χ1v) is 8.35. The lowest BCUT2D eigenvalue weighted by atomic mass is 10.1. The van der Waals surface area contributed by atoms with Gasteiger partial charge in [0.1, 0.15) is 11.3 Å². The third-order valence-electron chi connectivity index (χ3n) is 3.91. The summed E-state index contributed by atoms with van der Waals surface area (Å²) in [6, 6.07) is 5.12. The molecule has 3 rings (SSSR count). The molecule has 1 fully saturated rings. The zero-order valence-corrected chi connectivity index (χ0v) is 13.3. The Morgan fingerprint density at radius 3 is 3.00 bits per heavy atom. The maximum absolute atomic E-state index is 13.9. The molecule has 2 atom stereocenters. The first-order valence-electron chi connectivity index (χ1n) is 6.93. The van der Waals surface area contributed by atoms with Crippen molar-refractivity contribution >= 4 is 34.4 Å². The van der Waals surface area contributed by atoms with Crippen LogP contribution in [-0.2, 0) is 6.54 Å². The molecule has 1 saturated heterocycles. The Hall–Kier alpha value is -0.740. The van der Waals surface area contributed by atoms with Crippen molar-refractivity contribution in [1.29, 1.82) is 0 Å². The van der Waals surface area contributed by atoms with Gasteiger partial charge in [-0.2, -0.15) is 11.8 Å². The molecule has 0 amide bonds. The molecule has 0 bridgehead atoms. The van der Waals surface area contributed by atoms with Crippen molar-refractivity contribution in [2.45, 2.75) is 43.4 Å². The van der Waals surface area contributed by atoms with Gasteiger partial charge in [0.25, 0.3) is 0 Å². The van der Waals surface area contributed by atoms with Crippen LogP contribution in [0.4, 0.5) is 4.39 Å². The van der Waals surface area contributed by atoms with Crippen molar-refractivity contribution in [3.63, 3.8) is 0 Å². The summed E-state index contributed by atoms with van der Waals surface area (Å²) < 4.78 is 16.2. The molecule has 108 valence electrons. The van der Waals surface area contributed by atoms with Gasteiger partial charge >= 0.3 is 0 Å². The number of para-hydroxylation sites is 1. The van der Waals surface area contributed by atoms with Gasteiger partial charge in [-0.05, 0) is 44.6 Å². The average Bonchev–Trinajstić information content (AvgIpc) is 2.96. The van der Waals surface area contributed by atoms with E-state index in [4.69, 9.17) is 11.6 Å². The Labute approximate surface area is 127 Å². The fourth-order valence-electron chi connectivity index (χ4n) is 2.90. The molecule has 0 N–H and O–H groups in total. The number of halogens is 2. The van der Waals surface area contributed by atoms with Crippen LogP contribution in [0.15, 0.2) is 18.2 Å². The van der Waals surface area contributed by atoms with Crippen LogP contribution in [0.3, 0.4) is 0 Å². The van der Waals surface area contributed by atoms with Crippen LogP contribution >= 0.6 is 23.4 Å². The maximum Gasteiger partial charge on any atom is 0.151 e. The summed E-state index contributed by atoms with van der Waals surface area (Å²) in [5, 5.41) is -0.225. The quantitative estimate of drug-likeness (QED) is 0.760. The molecule has 0 radical (unpaired) electrons. The number of thioether (sulfide) groups is 1. The molecule has 0 saturated carbocycles. The predicted octanol–water partition coefficient (Wildman–Crippen LogP) is 4.76. The van der Waals surface area contributed by atoms with Gasteiger partial charge in [0.2, 0.25) is 0 Å². The number of hydrogen-bond donors (Lipinski definition) is 0. The monoisotopic (exact) mass is 312 g/mol. The summed E-state index contributed by atoms with van der Waals surface area (Å²) in [4.78, 5) is 4.43. The number of imidazole rings is 1. The fraction of sp³-hybridized carbons (Fsp3) is 0.533. The van der Waals surface area contributed by atoms with E-state index in [2.05, 4.69) is 16.5 Å². The summed E-state index contributed by atoms with van der Waals surface area (Å²) in [5.74, 6) is 1.69. The van der Waals surface area contributed by atoms with Gasteiger partial charge < -0.3 is 4.57 Å². The van der Waals surface area contributed by atoms with E-state index in [1.807, 2.05) is 24.8 Å². The number of nitrogens with zero attached hydrogens (tertiary/aromatic N) is 2. The van der Waals surface area contributed by atoms with Crippen molar-refractivity contribution in [1.82, 2.24) is 9.55 Å². The molecular weight excluding hydrogens is 295 g/mol. The van der Waals surface area contributed by atoms with Crippen molar-refractivity contribution < 1.29 is 4.39 Å². The summed E-state index contributed by atoms with van der Waals surface area (Å²) in [6.45, 7) is 5.00. The normalized spacial score (nSPS) is 24.4. The number of fused-ring (bicyclic) bond motifs is 1. The number of benzene rings is 1. The summed E-state index contributed by atoms with van der Waals surface area (Å²) in [5.41, 5.74) is 1.28. The fourth-order valence-corrected chi connectivity index (χ4v) is 4.35. The van der Waals surface area contributed by atoms with Crippen molar-refractivity contribution in [2.24, 2.45) is 0 Å². The number of aromatic nitrogens is 2. The summed E-state index contributed by atoms with van der Waals surface area (Å²) in [7, 11) is 0. The van der Waals surface area contributed by atoms with Crippen molar-refractivity contribution in [3.8, 4) is 0 Å². The standard InChI is InChI=1S/C15H18ClFN2S/c1-10(16)14-18-13-11(17)5-3-6-12(13)19(14)9-15(2)7-4-8-20-15/h3,5-6,10H,4,7-9H2,1-2H3. The molecule has 1 aromatic heterocycles. The Morgan fingerprint density at radius 1 is 1.55 bits per heavy atom. The zero-order valence-electron chi connectivity index (χ0n) is 11.7. The van der Waals surface area contributed by atoms with Gasteiger partial charge in [-0.1, -0.05) is 6.07 Å². The molecule has 2 heterocycles. The first kappa shape index (κ1) is 14.2. The van der Waals surface area contributed by atoms with Crippen molar-refractivity contribution in [3.05, 3.63) is 29.8 Å². The number of hydrogen-bond acceptors (Lipinski definition) is 2. The Balaban J connectivity index is 2.12. The van der Waals surface area contributed by atoms with E-state index in [-0.39, 0.29) is 15.9 Å². The SMILES string of the molecule is CC(Cl)c1nc2c(F)cccc2n1CC1(C)CCCS1. The highest BCUT2D eigenvalue weighted by atomic mass is 35.5. The molecule has 2 nitrogen and oxygen atoms in total. The molecule has 2 unspecified atom stereocenters. The second-order valence-corrected chi connectivity index (χ2v) is 8.02. The first-order chi connectivity index (χ1) is 9.50. The van der Waals surface area contributed by atoms with Gasteiger partial charge in [-0.3, -0.25) is 0 Å². The van der Waals surface area contributed by atoms with E-state index >= 15 is 0 Å². The highest BCUT2D eigenvalue weighted by molar-refractivity contribution is 8.00. The minimum absolute atomic E-state index is 0.195. The molecule has 1 aliphatic rings. The lowest BCUT2D eigenvalue weighted by Crippen LogP contribution is -2.25. The van der Waals surface area contributed by atoms with Crippen LogP contribution in [0.1, 0.15) is 37.9 Å². The van der Waals surface area contributed by atoms with Crippen LogP contribution in [0.5, 0.6) is 0 Å². The Kier molecular flexibility index (Phi) is 3.71. The lowest BCUT2D eigenvalue weighted by molar-refractivity contribution is 0.505. The zero-order chi connectivity index (χ0) is 14.3. The van der Waals surface area contributed by atoms with Gasteiger partial charge in [-0.15, -0.1) is 11.6 Å². The van der Waals surface area contributed by atoms with E-state index < -0.39 is 0 Å². The Bertz CT molecular complexity index is 632. The third kappa shape index (κ3) is 2.44. The van der Waals surface area contributed by atoms with Crippen LogP contribution in [0.2, 0.25) is 0 Å². The van der Waals surface area contributed by atoms with E-state index in [1.54, 1.807) is 6.07 Å². The number of alkyl halides is 1. The number of rotatable bonds is 3. The van der Waals surface area contributed by atoms with E-state index in [0.29, 0.717) is 5.52 Å². The van der Waals surface area contributed by atoms with Crippen LogP contribution < -0.4 is 0 Å². The van der Waals surface area contributed by atoms with Crippen LogP contribution in [0.25, 0.3) is 11.0 Å². The van der Waals surface area contributed by atoms with E-state index in [9.17, 15) is 4.39 Å². The third-order valence-corrected chi connectivity index (χ3v) is 5.63. The lowest BCUT2D eigenvalue weighted by Gasteiger charge is -2.25. The van der Waals surface area contributed by atoms with Crippen molar-refractivity contribution in [2.75, 3.05) is 5.75 Å². The van der Waals surface area contributed by atoms with Gasteiger partial charge in [0, 0.05) is 11.3 Å². The largest absolute Gasteiger partial charge is 0.325 e. The summed E-state index contributed by atoms with van der Waals surface area (Å²) in [6.07, 6.45) is 2.43.